The van der Waals surface area contributed by atoms with Crippen LogP contribution in [0.2, 0.25) is 10.3 Å². The zero-order valence-electron chi connectivity index (χ0n) is 11.1. The first kappa shape index (κ1) is 15.2. The highest BCUT2D eigenvalue weighted by atomic mass is 79.9. The van der Waals surface area contributed by atoms with Crippen molar-refractivity contribution in [3.05, 3.63) is 26.7 Å². The lowest BCUT2D eigenvalue weighted by molar-refractivity contribution is 0.498. The van der Waals surface area contributed by atoms with Gasteiger partial charge in [0.25, 0.3) is 0 Å². The van der Waals surface area contributed by atoms with Crippen LogP contribution in [0.15, 0.2) is 10.5 Å². The van der Waals surface area contributed by atoms with Gasteiger partial charge >= 0.3 is 0 Å². The van der Waals surface area contributed by atoms with Crippen LogP contribution in [0.5, 0.6) is 0 Å². The van der Waals surface area contributed by atoms with Crippen molar-refractivity contribution >= 4 is 55.9 Å². The molecule has 3 rings (SSSR count). The summed E-state index contributed by atoms with van der Waals surface area (Å²) in [5, 5.41) is 4.18. The molecular weight excluding hydrogens is 382 g/mol. The summed E-state index contributed by atoms with van der Waals surface area (Å²) in [5.41, 5.74) is 0.173. The molecule has 21 heavy (non-hydrogen) atoms. The molecule has 112 valence electrons. The van der Waals surface area contributed by atoms with E-state index >= 15 is 0 Å². The van der Waals surface area contributed by atoms with Gasteiger partial charge < -0.3 is 10.2 Å². The Hall–Kier alpha value is -0.690. The fourth-order valence-electron chi connectivity index (χ4n) is 2.50. The second-order valence-electron chi connectivity index (χ2n) is 4.95. The van der Waals surface area contributed by atoms with Crippen molar-refractivity contribution < 1.29 is 4.39 Å². The fraction of sp³-hybridized carbons (Fsp3) is 0.385. The first-order valence-corrected chi connectivity index (χ1v) is 8.02. The molecule has 8 heteroatoms. The van der Waals surface area contributed by atoms with Crippen LogP contribution in [0.4, 0.5) is 10.2 Å². The maximum Gasteiger partial charge on any atom is 0.225 e. The van der Waals surface area contributed by atoms with Crippen molar-refractivity contribution in [2.24, 2.45) is 0 Å². The summed E-state index contributed by atoms with van der Waals surface area (Å²) in [7, 11) is 0. The largest absolute Gasteiger partial charge is 0.351 e. The molecule has 0 aliphatic carbocycles. The van der Waals surface area contributed by atoms with E-state index in [0.717, 1.165) is 19.6 Å². The van der Waals surface area contributed by atoms with Gasteiger partial charge in [-0.1, -0.05) is 11.6 Å². The summed E-state index contributed by atoms with van der Waals surface area (Å²) in [6.45, 7) is 4.50. The maximum atomic E-state index is 14.4. The van der Waals surface area contributed by atoms with Crippen LogP contribution in [0.3, 0.4) is 0 Å². The van der Waals surface area contributed by atoms with E-state index in [9.17, 15) is 4.39 Å². The number of fused-ring (bicyclic) bond motifs is 1. The third kappa shape index (κ3) is 2.70. The number of hydrogen-bond donors (Lipinski definition) is 1. The zero-order valence-corrected chi connectivity index (χ0v) is 14.2. The number of rotatable bonds is 1. The first-order valence-electron chi connectivity index (χ1n) is 6.47. The molecule has 1 aliphatic heterocycles. The van der Waals surface area contributed by atoms with E-state index in [1.807, 2.05) is 0 Å². The van der Waals surface area contributed by atoms with Gasteiger partial charge in [0.05, 0.1) is 9.50 Å². The summed E-state index contributed by atoms with van der Waals surface area (Å²) >= 11 is 15.2. The molecule has 2 aromatic rings. The lowest BCUT2D eigenvalue weighted by Gasteiger charge is -2.35. The van der Waals surface area contributed by atoms with Gasteiger partial charge in [-0.15, -0.1) is 0 Å². The van der Waals surface area contributed by atoms with Crippen LogP contribution in [0, 0.1) is 5.82 Å². The monoisotopic (exact) mass is 392 g/mol. The Morgan fingerprint density at radius 2 is 2.19 bits per heavy atom. The normalized spacial score (nSPS) is 19.3. The molecule has 1 saturated heterocycles. The van der Waals surface area contributed by atoms with Gasteiger partial charge in [0, 0.05) is 31.1 Å². The van der Waals surface area contributed by atoms with Crippen molar-refractivity contribution in [3.8, 4) is 0 Å². The smallest absolute Gasteiger partial charge is 0.225 e. The van der Waals surface area contributed by atoms with Gasteiger partial charge in [-0.2, -0.15) is 4.98 Å². The highest BCUT2D eigenvalue weighted by Crippen LogP contribution is 2.36. The highest BCUT2D eigenvalue weighted by molar-refractivity contribution is 9.10. The average Bonchev–Trinajstić information content (AvgIpc) is 2.46. The van der Waals surface area contributed by atoms with E-state index in [-0.39, 0.29) is 26.3 Å². The predicted octanol–water partition coefficient (Wildman–Crippen LogP) is 3.64. The molecule has 0 radical (unpaired) electrons. The van der Waals surface area contributed by atoms with Crippen molar-refractivity contribution in [3.63, 3.8) is 0 Å². The van der Waals surface area contributed by atoms with Crippen LogP contribution in [0.1, 0.15) is 6.92 Å². The molecule has 0 amide bonds. The van der Waals surface area contributed by atoms with Gasteiger partial charge in [-0.25, -0.2) is 9.37 Å². The third-order valence-corrected chi connectivity index (χ3v) is 5.02. The minimum atomic E-state index is -0.522. The number of halogens is 4. The maximum absolute atomic E-state index is 14.4. The second-order valence-corrected chi connectivity index (χ2v) is 6.48. The summed E-state index contributed by atoms with van der Waals surface area (Å²) in [5.74, 6) is 0.0955. The van der Waals surface area contributed by atoms with E-state index in [0.29, 0.717) is 11.2 Å². The summed E-state index contributed by atoms with van der Waals surface area (Å²) < 4.78 is 14.6. The lowest BCUT2D eigenvalue weighted by Crippen LogP contribution is -2.50. The summed E-state index contributed by atoms with van der Waals surface area (Å²) in [6.07, 6.45) is 0. The predicted molar refractivity (Wildman–Crippen MR) is 86.9 cm³/mol. The number of anilines is 1. The number of nitrogens with zero attached hydrogens (tertiary/aromatic N) is 3. The Balaban J connectivity index is 2.27. The van der Waals surface area contributed by atoms with Gasteiger partial charge in [0.1, 0.15) is 11.3 Å². The molecule has 1 atom stereocenters. The summed E-state index contributed by atoms with van der Waals surface area (Å²) in [4.78, 5) is 10.4. The van der Waals surface area contributed by atoms with E-state index in [1.165, 1.54) is 0 Å². The molecule has 4 nitrogen and oxygen atoms in total. The van der Waals surface area contributed by atoms with Gasteiger partial charge in [-0.3, -0.25) is 0 Å². The number of nitrogens with one attached hydrogen (secondary N) is 1. The Labute approximate surface area is 139 Å². The quantitative estimate of drug-likeness (QED) is 0.593. The molecule has 2 heterocycles. The molecule has 1 fully saturated rings. The number of hydrogen-bond acceptors (Lipinski definition) is 4. The van der Waals surface area contributed by atoms with Crippen molar-refractivity contribution in [2.45, 2.75) is 13.0 Å². The van der Waals surface area contributed by atoms with Crippen molar-refractivity contribution in [2.75, 3.05) is 24.5 Å². The molecule has 0 spiro atoms. The molecule has 1 aromatic carbocycles. The van der Waals surface area contributed by atoms with Crippen LogP contribution in [0.25, 0.3) is 10.9 Å². The topological polar surface area (TPSA) is 41.0 Å². The Morgan fingerprint density at radius 3 is 2.90 bits per heavy atom. The Kier molecular flexibility index (Phi) is 4.23. The fourth-order valence-corrected chi connectivity index (χ4v) is 3.16. The minimum Gasteiger partial charge on any atom is -0.351 e. The van der Waals surface area contributed by atoms with Crippen molar-refractivity contribution in [1.29, 1.82) is 0 Å². The van der Waals surface area contributed by atoms with Gasteiger partial charge in [0.2, 0.25) is 5.28 Å². The molecule has 0 bridgehead atoms. The highest BCUT2D eigenvalue weighted by Gasteiger charge is 2.24. The molecule has 1 N–H and O–H groups in total. The Bertz CT molecular complexity index is 712. The van der Waals surface area contributed by atoms with Crippen molar-refractivity contribution in [1.82, 2.24) is 15.3 Å². The molecule has 1 aliphatic rings. The SMILES string of the molecule is C[C@H]1CNCCN1c1nc(Cl)nc2c(F)c(Br)c(Cl)cc12. The molecule has 0 unspecified atom stereocenters. The second kappa shape index (κ2) is 5.83. The van der Waals surface area contributed by atoms with Crippen LogP contribution < -0.4 is 10.2 Å². The van der Waals surface area contributed by atoms with E-state index in [2.05, 4.69) is 43.0 Å². The number of aromatic nitrogens is 2. The van der Waals surface area contributed by atoms with Crippen LogP contribution in [-0.4, -0.2) is 35.6 Å². The van der Waals surface area contributed by atoms with Gasteiger partial charge in [0.15, 0.2) is 5.82 Å². The first-order chi connectivity index (χ1) is 9.99. The van der Waals surface area contributed by atoms with E-state index < -0.39 is 5.82 Å². The number of piperazine rings is 1. The average molecular weight is 394 g/mol. The Morgan fingerprint density at radius 1 is 1.43 bits per heavy atom. The minimum absolute atomic E-state index is 0.0244. The molecule has 0 saturated carbocycles. The summed E-state index contributed by atoms with van der Waals surface area (Å²) in [6, 6.07) is 1.89. The van der Waals surface area contributed by atoms with E-state index in [4.69, 9.17) is 23.2 Å². The standard InChI is InChI=1S/C13H12BrCl2FN4/c1-6-5-18-2-3-21(6)12-7-4-8(15)9(14)10(17)11(7)19-13(16)20-12/h4,6,18H,2-3,5H2,1H3/t6-/m0/s1. The van der Waals surface area contributed by atoms with Gasteiger partial charge in [-0.05, 0) is 40.5 Å². The lowest BCUT2D eigenvalue weighted by atomic mass is 10.1. The number of benzene rings is 1. The van der Waals surface area contributed by atoms with E-state index in [1.54, 1.807) is 6.07 Å². The third-order valence-electron chi connectivity index (χ3n) is 3.55. The zero-order chi connectivity index (χ0) is 15.1. The molecule has 1 aromatic heterocycles. The van der Waals surface area contributed by atoms with Crippen LogP contribution >= 0.6 is 39.1 Å². The van der Waals surface area contributed by atoms with Crippen LogP contribution in [-0.2, 0) is 0 Å². The molecular formula is C13H12BrCl2FN4.